The van der Waals surface area contributed by atoms with Crippen LogP contribution in [-0.4, -0.2) is 4.98 Å². The van der Waals surface area contributed by atoms with Crippen molar-refractivity contribution in [3.63, 3.8) is 0 Å². The molecule has 0 radical (unpaired) electrons. The van der Waals surface area contributed by atoms with Crippen molar-refractivity contribution >= 4 is 0 Å². The normalized spacial score (nSPS) is 14.4. The minimum Gasteiger partial charge on any atom is -0.362 e. The summed E-state index contributed by atoms with van der Waals surface area (Å²) in [5.74, 6) is 0. The van der Waals surface area contributed by atoms with Crippen LogP contribution in [-0.2, 0) is 25.7 Å². The van der Waals surface area contributed by atoms with Crippen molar-refractivity contribution in [1.29, 1.82) is 0 Å². The smallest absolute Gasteiger partial charge is 0.0184 e. The molecule has 1 heteroatoms. The Bertz CT molecular complexity index is 402. The number of fused-ring (bicyclic) bond motifs is 1. The molecule has 120 valence electrons. The number of H-pyrrole nitrogens is 1. The molecule has 1 aromatic heterocycles. The number of aromatic amines is 1. The average Bonchev–Trinajstić information content (AvgIpc) is 2.86. The molecule has 0 aliphatic heterocycles. The number of unbranched alkanes of at least 4 members (excludes halogenated alkanes) is 6. The van der Waals surface area contributed by atoms with E-state index in [1.54, 1.807) is 22.5 Å². The molecule has 0 fully saturated rings. The van der Waals surface area contributed by atoms with Gasteiger partial charge >= 0.3 is 0 Å². The molecule has 21 heavy (non-hydrogen) atoms. The van der Waals surface area contributed by atoms with Gasteiger partial charge in [-0.1, -0.05) is 52.4 Å². The number of nitrogens with one attached hydrogen (secondary N) is 1. The number of rotatable bonds is 10. The van der Waals surface area contributed by atoms with E-state index in [9.17, 15) is 0 Å². The van der Waals surface area contributed by atoms with Crippen molar-refractivity contribution < 1.29 is 0 Å². The molecule has 0 saturated carbocycles. The molecule has 1 aromatic rings. The second-order valence-electron chi connectivity index (χ2n) is 6.87. The van der Waals surface area contributed by atoms with Crippen molar-refractivity contribution in [3.8, 4) is 0 Å². The summed E-state index contributed by atoms with van der Waals surface area (Å²) in [6.07, 6.45) is 19.1. The van der Waals surface area contributed by atoms with E-state index in [4.69, 9.17) is 0 Å². The number of aromatic nitrogens is 1. The van der Waals surface area contributed by atoms with Gasteiger partial charge in [0.25, 0.3) is 0 Å². The van der Waals surface area contributed by atoms with Crippen LogP contribution in [0.25, 0.3) is 0 Å². The van der Waals surface area contributed by atoms with Gasteiger partial charge in [0, 0.05) is 11.4 Å². The first-order valence-electron chi connectivity index (χ1n) is 9.58. The molecule has 0 spiro atoms. The third kappa shape index (κ3) is 4.90. The molecule has 0 unspecified atom stereocenters. The molecule has 1 nitrogen and oxygen atoms in total. The van der Waals surface area contributed by atoms with Crippen molar-refractivity contribution in [3.05, 3.63) is 22.5 Å². The zero-order valence-electron chi connectivity index (χ0n) is 14.4. The Morgan fingerprint density at radius 2 is 1.43 bits per heavy atom. The first kappa shape index (κ1) is 16.6. The number of aryl methyl sites for hydroxylation is 2. The molecule has 2 rings (SSSR count). The molecular formula is C20H35N. The predicted molar refractivity (Wildman–Crippen MR) is 93.1 cm³/mol. The Hall–Kier alpha value is -0.720. The van der Waals surface area contributed by atoms with Gasteiger partial charge in [-0.3, -0.25) is 0 Å². The topological polar surface area (TPSA) is 15.8 Å². The summed E-state index contributed by atoms with van der Waals surface area (Å²) in [6.45, 7) is 4.60. The highest BCUT2D eigenvalue weighted by atomic mass is 14.7. The van der Waals surface area contributed by atoms with Crippen LogP contribution < -0.4 is 0 Å². The molecule has 1 N–H and O–H groups in total. The van der Waals surface area contributed by atoms with Crippen molar-refractivity contribution in [2.75, 3.05) is 0 Å². The lowest BCUT2D eigenvalue weighted by molar-refractivity contribution is 0.644. The van der Waals surface area contributed by atoms with Gasteiger partial charge in [-0.2, -0.15) is 0 Å². The van der Waals surface area contributed by atoms with Gasteiger partial charge in [0.15, 0.2) is 0 Å². The Morgan fingerprint density at radius 3 is 2.14 bits per heavy atom. The lowest BCUT2D eigenvalue weighted by Crippen LogP contribution is -2.02. The van der Waals surface area contributed by atoms with Crippen molar-refractivity contribution in [2.24, 2.45) is 0 Å². The first-order valence-corrected chi connectivity index (χ1v) is 9.58. The standard InChI is InChI=1S/C20H35N/c1-3-5-7-9-13-17-18-14-11-12-16-20(18)21-19(17)15-10-8-6-4-2/h21H,3-16H2,1-2H3. The third-order valence-electron chi connectivity index (χ3n) is 5.06. The van der Waals surface area contributed by atoms with Crippen LogP contribution in [0.4, 0.5) is 0 Å². The molecule has 1 heterocycles. The fraction of sp³-hybridized carbons (Fsp3) is 0.800. The summed E-state index contributed by atoms with van der Waals surface area (Å²) in [7, 11) is 0. The lowest BCUT2D eigenvalue weighted by atomic mass is 9.91. The molecule has 0 atom stereocenters. The molecule has 1 aliphatic rings. The van der Waals surface area contributed by atoms with E-state index in [-0.39, 0.29) is 0 Å². The van der Waals surface area contributed by atoms with Gasteiger partial charge < -0.3 is 4.98 Å². The lowest BCUT2D eigenvalue weighted by Gasteiger charge is -2.13. The summed E-state index contributed by atoms with van der Waals surface area (Å²) < 4.78 is 0. The second kappa shape index (κ2) is 9.33. The average molecular weight is 290 g/mol. The van der Waals surface area contributed by atoms with E-state index in [2.05, 4.69) is 18.8 Å². The van der Waals surface area contributed by atoms with Crippen LogP contribution in [0.2, 0.25) is 0 Å². The molecular weight excluding hydrogens is 254 g/mol. The Balaban J connectivity index is 1.97. The minimum atomic E-state index is 1.29. The fourth-order valence-electron chi connectivity index (χ4n) is 3.79. The SMILES string of the molecule is CCCCCCc1[nH]c2c(c1CCCCCC)CCCC2. The molecule has 0 aromatic carbocycles. The monoisotopic (exact) mass is 289 g/mol. The van der Waals surface area contributed by atoms with Crippen LogP contribution in [0.15, 0.2) is 0 Å². The fourth-order valence-corrected chi connectivity index (χ4v) is 3.79. The van der Waals surface area contributed by atoms with E-state index < -0.39 is 0 Å². The van der Waals surface area contributed by atoms with E-state index in [1.165, 1.54) is 89.9 Å². The summed E-state index contributed by atoms with van der Waals surface area (Å²) >= 11 is 0. The highest BCUT2D eigenvalue weighted by Gasteiger charge is 2.19. The maximum Gasteiger partial charge on any atom is 0.0184 e. The Labute approximate surface area is 131 Å². The highest BCUT2D eigenvalue weighted by molar-refractivity contribution is 5.39. The van der Waals surface area contributed by atoms with Crippen molar-refractivity contribution in [2.45, 2.75) is 104 Å². The van der Waals surface area contributed by atoms with Crippen LogP contribution in [0.5, 0.6) is 0 Å². The largest absolute Gasteiger partial charge is 0.362 e. The van der Waals surface area contributed by atoms with Gasteiger partial charge in [-0.05, 0) is 62.5 Å². The van der Waals surface area contributed by atoms with E-state index in [1.807, 2.05) is 0 Å². The van der Waals surface area contributed by atoms with Crippen LogP contribution in [0, 0.1) is 0 Å². The van der Waals surface area contributed by atoms with Gasteiger partial charge in [0.05, 0.1) is 0 Å². The van der Waals surface area contributed by atoms with Crippen molar-refractivity contribution in [1.82, 2.24) is 4.98 Å². The number of hydrogen-bond acceptors (Lipinski definition) is 0. The maximum absolute atomic E-state index is 3.82. The molecule has 0 saturated heterocycles. The Kier molecular flexibility index (Phi) is 7.39. The zero-order chi connectivity index (χ0) is 14.9. The zero-order valence-corrected chi connectivity index (χ0v) is 14.4. The highest BCUT2D eigenvalue weighted by Crippen LogP contribution is 2.29. The quantitative estimate of drug-likeness (QED) is 0.498. The first-order chi connectivity index (χ1) is 10.4. The van der Waals surface area contributed by atoms with E-state index in [0.29, 0.717) is 0 Å². The van der Waals surface area contributed by atoms with Gasteiger partial charge in [0.2, 0.25) is 0 Å². The van der Waals surface area contributed by atoms with E-state index in [0.717, 1.165) is 0 Å². The minimum absolute atomic E-state index is 1.29. The molecule has 0 amide bonds. The predicted octanol–water partition coefficient (Wildman–Crippen LogP) is 6.14. The van der Waals surface area contributed by atoms with Crippen LogP contribution >= 0.6 is 0 Å². The van der Waals surface area contributed by atoms with Gasteiger partial charge in [-0.15, -0.1) is 0 Å². The number of hydrogen-bond donors (Lipinski definition) is 1. The summed E-state index contributed by atoms with van der Waals surface area (Å²) in [6, 6.07) is 0. The third-order valence-corrected chi connectivity index (χ3v) is 5.06. The molecule has 1 aliphatic carbocycles. The van der Waals surface area contributed by atoms with Gasteiger partial charge in [-0.25, -0.2) is 0 Å². The summed E-state index contributed by atoms with van der Waals surface area (Å²) in [5.41, 5.74) is 6.66. The van der Waals surface area contributed by atoms with E-state index >= 15 is 0 Å². The van der Waals surface area contributed by atoms with Gasteiger partial charge in [0.1, 0.15) is 0 Å². The summed E-state index contributed by atoms with van der Waals surface area (Å²) in [5, 5.41) is 0. The van der Waals surface area contributed by atoms with Crippen LogP contribution in [0.3, 0.4) is 0 Å². The second-order valence-corrected chi connectivity index (χ2v) is 6.87. The Morgan fingerprint density at radius 1 is 0.762 bits per heavy atom. The molecule has 0 bridgehead atoms. The van der Waals surface area contributed by atoms with Crippen LogP contribution in [0.1, 0.15) is 101 Å². The maximum atomic E-state index is 3.82. The summed E-state index contributed by atoms with van der Waals surface area (Å²) in [4.78, 5) is 3.82.